The lowest BCUT2D eigenvalue weighted by Crippen LogP contribution is -2.28. The number of hydrogen-bond acceptors (Lipinski definition) is 3. The van der Waals surface area contributed by atoms with Gasteiger partial charge in [0.1, 0.15) is 5.82 Å². The number of para-hydroxylation sites is 1. The van der Waals surface area contributed by atoms with Crippen LogP contribution in [-0.4, -0.2) is 18.1 Å². The van der Waals surface area contributed by atoms with E-state index in [9.17, 15) is 0 Å². The molecule has 0 unspecified atom stereocenters. The van der Waals surface area contributed by atoms with Crippen LogP contribution in [0.2, 0.25) is 0 Å². The van der Waals surface area contributed by atoms with Crippen LogP contribution in [0.5, 0.6) is 0 Å². The highest BCUT2D eigenvalue weighted by molar-refractivity contribution is 5.84. The van der Waals surface area contributed by atoms with Gasteiger partial charge in [0.15, 0.2) is 0 Å². The van der Waals surface area contributed by atoms with Crippen LogP contribution in [0, 0.1) is 0 Å². The molecule has 106 valence electrons. The molecule has 2 heterocycles. The lowest BCUT2D eigenvalue weighted by molar-refractivity contribution is 0.554. The molecule has 0 amide bonds. The van der Waals surface area contributed by atoms with E-state index < -0.39 is 0 Å². The van der Waals surface area contributed by atoms with Crippen molar-refractivity contribution in [2.75, 3.05) is 18.0 Å². The number of rotatable bonds is 2. The van der Waals surface area contributed by atoms with E-state index >= 15 is 0 Å². The standard InChI is InChI=1S/C17H23N3/c18-13-14-12-17(19-16-9-5-4-8-15(14)16)20-10-6-2-1-3-7-11-20/h4-5,8-9,12H,1-3,6-7,10-11,13,18H2. The summed E-state index contributed by atoms with van der Waals surface area (Å²) in [6.07, 6.45) is 6.60. The molecule has 1 aliphatic rings. The summed E-state index contributed by atoms with van der Waals surface area (Å²) in [5.41, 5.74) is 8.19. The van der Waals surface area contributed by atoms with Crippen molar-refractivity contribution in [3.05, 3.63) is 35.9 Å². The molecule has 0 radical (unpaired) electrons. The van der Waals surface area contributed by atoms with Gasteiger partial charge in [-0.05, 0) is 30.5 Å². The van der Waals surface area contributed by atoms with Crippen molar-refractivity contribution in [1.29, 1.82) is 0 Å². The van der Waals surface area contributed by atoms with Crippen LogP contribution in [0.4, 0.5) is 5.82 Å². The van der Waals surface area contributed by atoms with Crippen molar-refractivity contribution in [3.8, 4) is 0 Å². The molecule has 20 heavy (non-hydrogen) atoms. The monoisotopic (exact) mass is 269 g/mol. The fraction of sp³-hybridized carbons (Fsp3) is 0.471. The number of aromatic nitrogens is 1. The first-order valence-corrected chi connectivity index (χ1v) is 7.72. The van der Waals surface area contributed by atoms with Crippen LogP contribution in [0.3, 0.4) is 0 Å². The van der Waals surface area contributed by atoms with Gasteiger partial charge in [-0.2, -0.15) is 0 Å². The molecule has 1 fully saturated rings. The van der Waals surface area contributed by atoms with E-state index in [2.05, 4.69) is 29.2 Å². The minimum atomic E-state index is 0.573. The summed E-state index contributed by atoms with van der Waals surface area (Å²) in [4.78, 5) is 7.29. The van der Waals surface area contributed by atoms with Crippen molar-refractivity contribution in [2.24, 2.45) is 5.73 Å². The smallest absolute Gasteiger partial charge is 0.129 e. The Morgan fingerprint density at radius 1 is 1.00 bits per heavy atom. The normalized spacial score (nSPS) is 16.9. The number of hydrogen-bond donors (Lipinski definition) is 1. The topological polar surface area (TPSA) is 42.1 Å². The minimum absolute atomic E-state index is 0.573. The molecule has 1 aliphatic heterocycles. The van der Waals surface area contributed by atoms with Crippen LogP contribution in [-0.2, 0) is 6.54 Å². The van der Waals surface area contributed by atoms with Gasteiger partial charge in [-0.1, -0.05) is 37.5 Å². The van der Waals surface area contributed by atoms with Gasteiger partial charge in [-0.15, -0.1) is 0 Å². The van der Waals surface area contributed by atoms with E-state index in [0.29, 0.717) is 6.54 Å². The second-order valence-corrected chi connectivity index (χ2v) is 5.62. The maximum Gasteiger partial charge on any atom is 0.129 e. The summed E-state index contributed by atoms with van der Waals surface area (Å²) in [5, 5.41) is 1.19. The third-order valence-corrected chi connectivity index (χ3v) is 4.19. The third-order valence-electron chi connectivity index (χ3n) is 4.19. The summed E-state index contributed by atoms with van der Waals surface area (Å²) in [5.74, 6) is 1.10. The van der Waals surface area contributed by atoms with E-state index in [4.69, 9.17) is 10.7 Å². The van der Waals surface area contributed by atoms with Crippen molar-refractivity contribution >= 4 is 16.7 Å². The SMILES string of the molecule is NCc1cc(N2CCCCCCC2)nc2ccccc12. The summed E-state index contributed by atoms with van der Waals surface area (Å²) >= 11 is 0. The number of anilines is 1. The molecular formula is C17H23N3. The van der Waals surface area contributed by atoms with Crippen LogP contribution in [0.1, 0.15) is 37.7 Å². The Bertz CT molecular complexity index is 571. The number of fused-ring (bicyclic) bond motifs is 1. The molecule has 2 aromatic rings. The van der Waals surface area contributed by atoms with Crippen LogP contribution in [0.25, 0.3) is 10.9 Å². The molecule has 0 spiro atoms. The summed E-state index contributed by atoms with van der Waals surface area (Å²) in [6.45, 7) is 2.81. The summed E-state index contributed by atoms with van der Waals surface area (Å²) in [6, 6.07) is 10.5. The van der Waals surface area contributed by atoms with Gasteiger partial charge in [0.25, 0.3) is 0 Å². The van der Waals surface area contributed by atoms with Crippen molar-refractivity contribution in [2.45, 2.75) is 38.6 Å². The first-order valence-electron chi connectivity index (χ1n) is 7.72. The number of nitrogens with two attached hydrogens (primary N) is 1. The highest BCUT2D eigenvalue weighted by Crippen LogP contribution is 2.24. The fourth-order valence-corrected chi connectivity index (χ4v) is 3.04. The molecule has 0 bridgehead atoms. The summed E-state index contributed by atoms with van der Waals surface area (Å²) < 4.78 is 0. The second kappa shape index (κ2) is 6.23. The average molecular weight is 269 g/mol. The van der Waals surface area contributed by atoms with Gasteiger partial charge in [0.2, 0.25) is 0 Å². The van der Waals surface area contributed by atoms with Crippen LogP contribution >= 0.6 is 0 Å². The molecule has 0 aliphatic carbocycles. The Kier molecular flexibility index (Phi) is 4.16. The molecule has 1 aromatic carbocycles. The van der Waals surface area contributed by atoms with Crippen molar-refractivity contribution in [3.63, 3.8) is 0 Å². The lowest BCUT2D eigenvalue weighted by Gasteiger charge is -2.26. The molecule has 1 aromatic heterocycles. The zero-order valence-corrected chi connectivity index (χ0v) is 12.0. The van der Waals surface area contributed by atoms with E-state index in [0.717, 1.165) is 24.4 Å². The Hall–Kier alpha value is -1.61. The Balaban J connectivity index is 1.97. The van der Waals surface area contributed by atoms with E-state index in [1.165, 1.54) is 43.1 Å². The van der Waals surface area contributed by atoms with Gasteiger partial charge in [-0.25, -0.2) is 4.98 Å². The highest BCUT2D eigenvalue weighted by Gasteiger charge is 2.12. The molecular weight excluding hydrogens is 246 g/mol. The fourth-order valence-electron chi connectivity index (χ4n) is 3.04. The maximum absolute atomic E-state index is 5.92. The summed E-state index contributed by atoms with van der Waals surface area (Å²) in [7, 11) is 0. The minimum Gasteiger partial charge on any atom is -0.357 e. The Morgan fingerprint density at radius 2 is 1.70 bits per heavy atom. The molecule has 0 saturated carbocycles. The van der Waals surface area contributed by atoms with Crippen molar-refractivity contribution in [1.82, 2.24) is 4.98 Å². The molecule has 0 atom stereocenters. The van der Waals surface area contributed by atoms with E-state index in [-0.39, 0.29) is 0 Å². The molecule has 3 heteroatoms. The molecule has 3 nitrogen and oxygen atoms in total. The van der Waals surface area contributed by atoms with Gasteiger partial charge >= 0.3 is 0 Å². The maximum atomic E-state index is 5.92. The Labute approximate surface area is 120 Å². The quantitative estimate of drug-likeness (QED) is 0.907. The highest BCUT2D eigenvalue weighted by atomic mass is 15.2. The zero-order chi connectivity index (χ0) is 13.8. The first kappa shape index (κ1) is 13.4. The predicted octanol–water partition coefficient (Wildman–Crippen LogP) is 3.46. The predicted molar refractivity (Wildman–Crippen MR) is 84.9 cm³/mol. The van der Waals surface area contributed by atoms with E-state index in [1.807, 2.05) is 6.07 Å². The van der Waals surface area contributed by atoms with E-state index in [1.54, 1.807) is 0 Å². The van der Waals surface area contributed by atoms with Crippen LogP contribution < -0.4 is 10.6 Å². The van der Waals surface area contributed by atoms with Crippen molar-refractivity contribution < 1.29 is 0 Å². The van der Waals surface area contributed by atoms with Crippen LogP contribution in [0.15, 0.2) is 30.3 Å². The third kappa shape index (κ3) is 2.78. The zero-order valence-electron chi connectivity index (χ0n) is 12.0. The number of nitrogens with zero attached hydrogens (tertiary/aromatic N) is 2. The number of pyridine rings is 1. The van der Waals surface area contributed by atoms with Gasteiger partial charge in [0.05, 0.1) is 5.52 Å². The molecule has 1 saturated heterocycles. The molecule has 3 rings (SSSR count). The first-order chi connectivity index (χ1) is 9.88. The van der Waals surface area contributed by atoms with Gasteiger partial charge in [0, 0.05) is 25.0 Å². The van der Waals surface area contributed by atoms with Gasteiger partial charge < -0.3 is 10.6 Å². The average Bonchev–Trinajstić information content (AvgIpc) is 2.46. The largest absolute Gasteiger partial charge is 0.357 e. The van der Waals surface area contributed by atoms with Gasteiger partial charge in [-0.3, -0.25) is 0 Å². The lowest BCUT2D eigenvalue weighted by atomic mass is 10.1. The Morgan fingerprint density at radius 3 is 2.45 bits per heavy atom. The molecule has 2 N–H and O–H groups in total. The second-order valence-electron chi connectivity index (χ2n) is 5.62. The number of benzene rings is 1.